The van der Waals surface area contributed by atoms with Crippen molar-refractivity contribution in [1.29, 1.82) is 0 Å². The number of ether oxygens (including phenoxy) is 2. The number of aromatic nitrogens is 2. The van der Waals surface area contributed by atoms with Crippen molar-refractivity contribution in [2.45, 2.75) is 11.2 Å². The van der Waals surface area contributed by atoms with Gasteiger partial charge in [0.15, 0.2) is 11.4 Å². The monoisotopic (exact) mass is 498 g/mol. The summed E-state index contributed by atoms with van der Waals surface area (Å²) in [6, 6.07) is 32.7. The summed E-state index contributed by atoms with van der Waals surface area (Å²) in [5, 5.41) is 7.82. The molecule has 1 heterocycles. The first-order valence-electron chi connectivity index (χ1n) is 11.4. The number of rotatable bonds is 9. The minimum Gasteiger partial charge on any atom is -0.464 e. The zero-order chi connectivity index (χ0) is 25.4. The van der Waals surface area contributed by atoms with E-state index < -0.39 is 16.7 Å². The van der Waals surface area contributed by atoms with E-state index in [2.05, 4.69) is 46.6 Å². The van der Waals surface area contributed by atoms with Crippen LogP contribution >= 0.6 is 11.8 Å². The number of methoxy groups -OCH3 is 2. The summed E-state index contributed by atoms with van der Waals surface area (Å²) in [6.07, 6.45) is 0.461. The molecule has 0 atom stereocenters. The second-order valence-electron chi connectivity index (χ2n) is 7.96. The van der Waals surface area contributed by atoms with Crippen molar-refractivity contribution in [1.82, 2.24) is 10.2 Å². The van der Waals surface area contributed by atoms with Gasteiger partial charge in [-0.3, -0.25) is 0 Å². The SMILES string of the molecule is COC(=O)c1cc(CCSC(c2ccccc2)(c2ccccc2)c2ccccc2)c(C(=O)OC)nn1. The van der Waals surface area contributed by atoms with Gasteiger partial charge < -0.3 is 9.47 Å². The molecule has 0 bridgehead atoms. The van der Waals surface area contributed by atoms with E-state index >= 15 is 0 Å². The molecular weight excluding hydrogens is 472 g/mol. The Morgan fingerprint density at radius 3 is 1.64 bits per heavy atom. The molecule has 0 spiro atoms. The van der Waals surface area contributed by atoms with Gasteiger partial charge >= 0.3 is 11.9 Å². The highest BCUT2D eigenvalue weighted by Crippen LogP contribution is 2.48. The molecule has 0 aliphatic carbocycles. The van der Waals surface area contributed by atoms with E-state index in [0.717, 1.165) is 16.7 Å². The second kappa shape index (κ2) is 11.6. The van der Waals surface area contributed by atoms with Gasteiger partial charge in [-0.2, -0.15) is 0 Å². The van der Waals surface area contributed by atoms with Gasteiger partial charge in [-0.1, -0.05) is 91.0 Å². The molecule has 0 fully saturated rings. The van der Waals surface area contributed by atoms with Crippen molar-refractivity contribution in [3.05, 3.63) is 131 Å². The van der Waals surface area contributed by atoms with Gasteiger partial charge in [0.2, 0.25) is 0 Å². The molecule has 6 nitrogen and oxygen atoms in total. The number of aryl methyl sites for hydroxylation is 1. The summed E-state index contributed by atoms with van der Waals surface area (Å²) in [4.78, 5) is 24.4. The van der Waals surface area contributed by atoms with Crippen LogP contribution < -0.4 is 0 Å². The lowest BCUT2D eigenvalue weighted by atomic mass is 9.84. The highest BCUT2D eigenvalue weighted by atomic mass is 32.2. The smallest absolute Gasteiger partial charge is 0.358 e. The summed E-state index contributed by atoms with van der Waals surface area (Å²) >= 11 is 1.75. The lowest BCUT2D eigenvalue weighted by Crippen LogP contribution is -2.26. The van der Waals surface area contributed by atoms with Crippen molar-refractivity contribution in [2.24, 2.45) is 0 Å². The molecule has 0 radical (unpaired) electrons. The maximum atomic E-state index is 12.4. The Labute approximate surface area is 214 Å². The molecule has 182 valence electrons. The lowest BCUT2D eigenvalue weighted by molar-refractivity contribution is 0.0572. The Bertz CT molecular complexity index is 1220. The molecule has 7 heteroatoms. The Hall–Kier alpha value is -3.97. The van der Waals surface area contributed by atoms with E-state index in [9.17, 15) is 9.59 Å². The third kappa shape index (κ3) is 5.16. The van der Waals surface area contributed by atoms with Crippen LogP contribution in [0.15, 0.2) is 97.1 Å². The molecule has 0 aliphatic rings. The molecule has 36 heavy (non-hydrogen) atoms. The molecule has 4 rings (SSSR count). The van der Waals surface area contributed by atoms with E-state index in [1.54, 1.807) is 17.8 Å². The third-order valence-corrected chi connectivity index (χ3v) is 7.43. The predicted octanol–water partition coefficient (Wildman–Crippen LogP) is 5.32. The molecule has 0 saturated heterocycles. The van der Waals surface area contributed by atoms with Gasteiger partial charge in [0.25, 0.3) is 0 Å². The first-order valence-corrected chi connectivity index (χ1v) is 12.4. The average molecular weight is 499 g/mol. The summed E-state index contributed by atoms with van der Waals surface area (Å²) < 4.78 is 9.18. The Balaban J connectivity index is 1.76. The first kappa shape index (κ1) is 25.1. The molecule has 0 amide bonds. The number of thioether (sulfide) groups is 1. The molecule has 0 saturated carbocycles. The summed E-state index contributed by atoms with van der Waals surface area (Å²) in [5.41, 5.74) is 4.14. The van der Waals surface area contributed by atoms with Gasteiger partial charge in [-0.25, -0.2) is 9.59 Å². The van der Waals surface area contributed by atoms with Gasteiger partial charge in [-0.05, 0) is 40.5 Å². The van der Waals surface area contributed by atoms with Crippen LogP contribution in [0.4, 0.5) is 0 Å². The largest absolute Gasteiger partial charge is 0.464 e. The van der Waals surface area contributed by atoms with Gasteiger partial charge in [0.05, 0.1) is 19.0 Å². The van der Waals surface area contributed by atoms with Crippen LogP contribution in [0.25, 0.3) is 0 Å². The average Bonchev–Trinajstić information content (AvgIpc) is 2.96. The maximum Gasteiger partial charge on any atom is 0.358 e. The van der Waals surface area contributed by atoms with Crippen LogP contribution in [0, 0.1) is 0 Å². The number of nitrogens with zero attached hydrogens (tertiary/aromatic N) is 2. The van der Waals surface area contributed by atoms with Crippen LogP contribution in [0.5, 0.6) is 0 Å². The molecule has 0 unspecified atom stereocenters. The number of carbonyl (C=O) groups is 2. The fraction of sp³-hybridized carbons (Fsp3) is 0.172. The summed E-state index contributed by atoms with van der Waals surface area (Å²) in [6.45, 7) is 0. The topological polar surface area (TPSA) is 78.4 Å². The lowest BCUT2D eigenvalue weighted by Gasteiger charge is -2.35. The number of hydrogen-bond acceptors (Lipinski definition) is 7. The molecule has 1 aromatic heterocycles. The molecule has 0 aliphatic heterocycles. The Morgan fingerprint density at radius 2 is 1.19 bits per heavy atom. The standard InChI is InChI=1S/C29H26N2O4S/c1-34-27(32)25-20-21(26(31-30-25)28(33)35-2)18-19-36-29(22-12-6-3-7-13-22,23-14-8-4-9-15-23)24-16-10-5-11-17-24/h3-17,20H,18-19H2,1-2H3. The predicted molar refractivity (Wildman–Crippen MR) is 140 cm³/mol. The second-order valence-corrected chi connectivity index (χ2v) is 9.27. The summed E-state index contributed by atoms with van der Waals surface area (Å²) in [7, 11) is 2.57. The molecule has 3 aromatic carbocycles. The van der Waals surface area contributed by atoms with Crippen molar-refractivity contribution in [3.63, 3.8) is 0 Å². The first-order chi connectivity index (χ1) is 17.6. The van der Waals surface area contributed by atoms with Crippen molar-refractivity contribution >= 4 is 23.7 Å². The van der Waals surface area contributed by atoms with Crippen LogP contribution in [-0.2, 0) is 20.6 Å². The van der Waals surface area contributed by atoms with Gasteiger partial charge in [0.1, 0.15) is 0 Å². The van der Waals surface area contributed by atoms with Crippen molar-refractivity contribution < 1.29 is 19.1 Å². The number of carbonyl (C=O) groups excluding carboxylic acids is 2. The van der Waals surface area contributed by atoms with Crippen LogP contribution in [-0.4, -0.2) is 42.1 Å². The minimum atomic E-state index is -0.611. The summed E-state index contributed by atoms with van der Waals surface area (Å²) in [5.74, 6) is -0.589. The number of esters is 2. The van der Waals surface area contributed by atoms with E-state index in [0.29, 0.717) is 17.7 Å². The van der Waals surface area contributed by atoms with Gasteiger partial charge in [-0.15, -0.1) is 22.0 Å². The molecule has 0 N–H and O–H groups in total. The van der Waals surface area contributed by atoms with Gasteiger partial charge in [0, 0.05) is 0 Å². The Morgan fingerprint density at radius 1 is 0.722 bits per heavy atom. The van der Waals surface area contributed by atoms with E-state index in [-0.39, 0.29) is 11.4 Å². The van der Waals surface area contributed by atoms with E-state index in [1.165, 1.54) is 14.2 Å². The molecular formula is C29H26N2O4S. The number of hydrogen-bond donors (Lipinski definition) is 0. The third-order valence-electron chi connectivity index (χ3n) is 5.88. The van der Waals surface area contributed by atoms with Crippen molar-refractivity contribution in [2.75, 3.05) is 20.0 Å². The minimum absolute atomic E-state index is 0.0468. The highest BCUT2D eigenvalue weighted by Gasteiger charge is 2.36. The Kier molecular flexibility index (Phi) is 8.13. The fourth-order valence-corrected chi connectivity index (χ4v) is 5.71. The normalized spacial score (nSPS) is 11.1. The zero-order valence-corrected chi connectivity index (χ0v) is 20.9. The molecule has 4 aromatic rings. The highest BCUT2D eigenvalue weighted by molar-refractivity contribution is 8.00. The van der Waals surface area contributed by atoms with Crippen LogP contribution in [0.3, 0.4) is 0 Å². The van der Waals surface area contributed by atoms with Crippen LogP contribution in [0.1, 0.15) is 43.2 Å². The van der Waals surface area contributed by atoms with E-state index in [1.807, 2.05) is 54.6 Å². The van der Waals surface area contributed by atoms with Crippen LogP contribution in [0.2, 0.25) is 0 Å². The number of benzene rings is 3. The zero-order valence-electron chi connectivity index (χ0n) is 20.1. The maximum absolute atomic E-state index is 12.4. The quantitative estimate of drug-likeness (QED) is 0.228. The van der Waals surface area contributed by atoms with E-state index in [4.69, 9.17) is 9.47 Å². The van der Waals surface area contributed by atoms with Crippen molar-refractivity contribution in [3.8, 4) is 0 Å². The fourth-order valence-electron chi connectivity index (χ4n) is 4.18.